The summed E-state index contributed by atoms with van der Waals surface area (Å²) in [7, 11) is 0. The molecule has 0 aliphatic carbocycles. The molecule has 6 nitrogen and oxygen atoms in total. The van der Waals surface area contributed by atoms with E-state index in [2.05, 4.69) is 52.8 Å². The maximum absolute atomic E-state index is 10.2. The number of aliphatic hydroxyl groups is 3. The third-order valence-electron chi connectivity index (χ3n) is 3.55. The zero-order valence-electron chi connectivity index (χ0n) is 10.8. The first-order chi connectivity index (χ1) is 10.4. The van der Waals surface area contributed by atoms with E-state index in [0.29, 0.717) is 15.5 Å². The van der Waals surface area contributed by atoms with Crippen molar-refractivity contribution in [2.24, 2.45) is 0 Å². The number of imidazole rings is 1. The molecule has 1 aromatic heterocycles. The Bertz CT molecular complexity index is 741. The predicted octanol–water partition coefficient (Wildman–Crippen LogP) is 2.59. The van der Waals surface area contributed by atoms with Gasteiger partial charge in [-0.15, -0.1) is 0 Å². The summed E-state index contributed by atoms with van der Waals surface area (Å²) in [5.74, 6) is 0. The van der Waals surface area contributed by atoms with Crippen LogP contribution in [0.3, 0.4) is 0 Å². The van der Waals surface area contributed by atoms with Crippen molar-refractivity contribution >= 4 is 70.4 Å². The number of hydrogen-bond acceptors (Lipinski definition) is 5. The van der Waals surface area contributed by atoms with E-state index in [1.54, 1.807) is 6.07 Å². The summed E-state index contributed by atoms with van der Waals surface area (Å²) in [5.41, 5.74) is 1.19. The Hall–Kier alpha value is 0.260. The number of fused-ring (bicyclic) bond motifs is 1. The van der Waals surface area contributed by atoms with Gasteiger partial charge >= 0.3 is 0 Å². The van der Waals surface area contributed by atoms with E-state index in [4.69, 9.17) is 16.3 Å². The molecule has 2 aromatic rings. The summed E-state index contributed by atoms with van der Waals surface area (Å²) >= 11 is 16.5. The van der Waals surface area contributed by atoms with E-state index < -0.39 is 31.1 Å². The average molecular weight is 521 g/mol. The molecule has 0 spiro atoms. The molecule has 0 amide bonds. The number of halogens is 4. The third-order valence-corrected chi connectivity index (χ3v) is 7.10. The van der Waals surface area contributed by atoms with Gasteiger partial charge in [-0.05, 0) is 65.5 Å². The largest absolute Gasteiger partial charge is 0.394 e. The van der Waals surface area contributed by atoms with Crippen LogP contribution in [0, 0.1) is 0 Å². The molecule has 4 atom stereocenters. The molecule has 1 fully saturated rings. The van der Waals surface area contributed by atoms with Gasteiger partial charge in [-0.2, -0.15) is 0 Å². The summed E-state index contributed by atoms with van der Waals surface area (Å²) in [6.45, 7) is -0.405. The van der Waals surface area contributed by atoms with Gasteiger partial charge in [0.1, 0.15) is 23.8 Å². The second kappa shape index (κ2) is 6.29. The summed E-state index contributed by atoms with van der Waals surface area (Å²) in [4.78, 5) is 4.26. The van der Waals surface area contributed by atoms with Crippen LogP contribution in [0.4, 0.5) is 0 Å². The molecular weight excluding hydrogens is 511 g/mol. The van der Waals surface area contributed by atoms with Crippen LogP contribution in [-0.4, -0.2) is 49.8 Å². The van der Waals surface area contributed by atoms with Crippen LogP contribution < -0.4 is 0 Å². The number of nitrogens with zero attached hydrogens (tertiary/aromatic N) is 2. The van der Waals surface area contributed by atoms with Crippen LogP contribution in [0.15, 0.2) is 19.5 Å². The molecule has 2 heterocycles. The van der Waals surface area contributed by atoms with Gasteiger partial charge in [0, 0.05) is 8.95 Å². The van der Waals surface area contributed by atoms with Crippen molar-refractivity contribution in [3.8, 4) is 0 Å². The third kappa shape index (κ3) is 2.55. The fourth-order valence-electron chi connectivity index (χ4n) is 2.44. The van der Waals surface area contributed by atoms with Gasteiger partial charge in [-0.1, -0.05) is 0 Å². The number of benzene rings is 1. The molecule has 0 bridgehead atoms. The van der Waals surface area contributed by atoms with Gasteiger partial charge in [0.15, 0.2) is 6.23 Å². The first-order valence-electron chi connectivity index (χ1n) is 6.20. The van der Waals surface area contributed by atoms with Crippen molar-refractivity contribution in [3.63, 3.8) is 0 Å². The minimum Gasteiger partial charge on any atom is -0.394 e. The number of ether oxygens (including phenoxy) is 1. The van der Waals surface area contributed by atoms with Gasteiger partial charge in [-0.25, -0.2) is 4.98 Å². The highest BCUT2D eigenvalue weighted by atomic mass is 79.9. The van der Waals surface area contributed by atoms with Crippen LogP contribution in [0.5, 0.6) is 0 Å². The maximum atomic E-state index is 10.2. The van der Waals surface area contributed by atoms with Gasteiger partial charge in [0.05, 0.1) is 16.6 Å². The van der Waals surface area contributed by atoms with Crippen molar-refractivity contribution in [1.29, 1.82) is 0 Å². The maximum Gasteiger partial charge on any atom is 0.206 e. The molecule has 1 aliphatic rings. The highest BCUT2D eigenvalue weighted by Gasteiger charge is 2.44. The fraction of sp³-hybridized carbons (Fsp3) is 0.417. The predicted molar refractivity (Wildman–Crippen MR) is 90.9 cm³/mol. The Kier molecular flexibility index (Phi) is 4.88. The lowest BCUT2D eigenvalue weighted by Crippen LogP contribution is -2.33. The molecule has 22 heavy (non-hydrogen) atoms. The zero-order chi connectivity index (χ0) is 16.2. The van der Waals surface area contributed by atoms with Gasteiger partial charge in [-0.3, -0.25) is 4.57 Å². The molecule has 1 saturated heterocycles. The van der Waals surface area contributed by atoms with Crippen LogP contribution in [0.25, 0.3) is 11.0 Å². The smallest absolute Gasteiger partial charge is 0.206 e. The molecule has 0 unspecified atom stereocenters. The van der Waals surface area contributed by atoms with E-state index in [0.717, 1.165) is 8.95 Å². The van der Waals surface area contributed by atoms with E-state index in [1.165, 1.54) is 4.57 Å². The molecular formula is C12H10Br3ClN2O4. The van der Waals surface area contributed by atoms with Crippen LogP contribution >= 0.6 is 59.4 Å². The highest BCUT2D eigenvalue weighted by Crippen LogP contribution is 2.41. The minimum atomic E-state index is -1.23. The highest BCUT2D eigenvalue weighted by molar-refractivity contribution is 9.14. The Morgan fingerprint density at radius 1 is 1.23 bits per heavy atom. The molecule has 1 aromatic carbocycles. The normalized spacial score (nSPS) is 28.7. The zero-order valence-corrected chi connectivity index (χ0v) is 16.3. The van der Waals surface area contributed by atoms with Gasteiger partial charge < -0.3 is 20.1 Å². The number of aliphatic hydroxyl groups excluding tert-OH is 3. The van der Waals surface area contributed by atoms with Gasteiger partial charge in [0.2, 0.25) is 5.28 Å². The Morgan fingerprint density at radius 2 is 1.91 bits per heavy atom. The van der Waals surface area contributed by atoms with Gasteiger partial charge in [0.25, 0.3) is 0 Å². The quantitative estimate of drug-likeness (QED) is 0.529. The fourth-order valence-corrected chi connectivity index (χ4v) is 4.20. The van der Waals surface area contributed by atoms with E-state index >= 15 is 0 Å². The number of aromatic nitrogens is 2. The SMILES string of the molecule is OC[C@H]1O[C@@H](n2c(Cl)nc3c(Br)c(Br)c(Br)cc32)[C@H](O)[C@@H]1O. The molecule has 3 rings (SSSR count). The molecule has 120 valence electrons. The first-order valence-corrected chi connectivity index (χ1v) is 8.96. The van der Waals surface area contributed by atoms with E-state index in [9.17, 15) is 15.3 Å². The topological polar surface area (TPSA) is 87.7 Å². The Balaban J connectivity index is 2.18. The van der Waals surface area contributed by atoms with Crippen molar-refractivity contribution < 1.29 is 20.1 Å². The monoisotopic (exact) mass is 518 g/mol. The average Bonchev–Trinajstić information content (AvgIpc) is 2.95. The van der Waals surface area contributed by atoms with Crippen molar-refractivity contribution in [3.05, 3.63) is 24.8 Å². The van der Waals surface area contributed by atoms with E-state index in [-0.39, 0.29) is 5.28 Å². The Labute approximate surface area is 155 Å². The van der Waals surface area contributed by atoms with E-state index in [1.807, 2.05) is 0 Å². The lowest BCUT2D eigenvalue weighted by molar-refractivity contribution is -0.0507. The first kappa shape index (κ1) is 17.1. The minimum absolute atomic E-state index is 0.107. The van der Waals surface area contributed by atoms with Crippen LogP contribution in [-0.2, 0) is 4.74 Å². The summed E-state index contributed by atoms with van der Waals surface area (Å²) in [6, 6.07) is 1.78. The molecule has 0 saturated carbocycles. The Morgan fingerprint density at radius 3 is 2.50 bits per heavy atom. The van der Waals surface area contributed by atoms with Crippen molar-refractivity contribution in [1.82, 2.24) is 9.55 Å². The lowest BCUT2D eigenvalue weighted by Gasteiger charge is -2.18. The summed E-state index contributed by atoms with van der Waals surface area (Å²) in [6.07, 6.45) is -4.25. The van der Waals surface area contributed by atoms with Crippen molar-refractivity contribution in [2.45, 2.75) is 24.5 Å². The second-order valence-corrected chi connectivity index (χ2v) is 7.61. The van der Waals surface area contributed by atoms with Crippen LogP contribution in [0.2, 0.25) is 5.28 Å². The number of hydrogen-bond donors (Lipinski definition) is 3. The second-order valence-electron chi connectivity index (χ2n) is 4.83. The molecule has 1 aliphatic heterocycles. The molecule has 3 N–H and O–H groups in total. The molecule has 0 radical (unpaired) electrons. The number of rotatable bonds is 2. The summed E-state index contributed by atoms with van der Waals surface area (Å²) in [5, 5.41) is 29.4. The summed E-state index contributed by atoms with van der Waals surface area (Å²) < 4.78 is 9.25. The standard InChI is InChI=1S/C12H10Br3ClN2O4/c13-3-1-4-8(7(15)6(3)14)17-12(16)18(4)11-10(21)9(20)5(2-19)22-11/h1,5,9-11,19-21H,2H2/t5-,9-,10-,11-/m1/s1. The molecule has 10 heteroatoms. The van der Waals surface area contributed by atoms with Crippen molar-refractivity contribution in [2.75, 3.05) is 6.61 Å². The lowest BCUT2D eigenvalue weighted by atomic mass is 10.1. The van der Waals surface area contributed by atoms with Crippen LogP contribution in [0.1, 0.15) is 6.23 Å².